The van der Waals surface area contributed by atoms with Crippen molar-refractivity contribution < 1.29 is 14.7 Å². The molecule has 1 aromatic heterocycles. The van der Waals surface area contributed by atoms with E-state index in [2.05, 4.69) is 24.1 Å². The number of carbonyl (C=O) groups excluding carboxylic acids is 1. The molecule has 0 saturated carbocycles. The Balaban J connectivity index is 1.80. The van der Waals surface area contributed by atoms with Crippen LogP contribution in [-0.2, 0) is 9.59 Å². The van der Waals surface area contributed by atoms with Gasteiger partial charge in [0.1, 0.15) is 0 Å². The molecule has 2 N–H and O–H groups in total. The van der Waals surface area contributed by atoms with Crippen LogP contribution in [0, 0.1) is 20.8 Å². The van der Waals surface area contributed by atoms with Crippen LogP contribution in [0.1, 0.15) is 28.8 Å². The average molecular weight is 353 g/mol. The first kappa shape index (κ1) is 18.9. The Morgan fingerprint density at radius 3 is 2.38 bits per heavy atom. The van der Waals surface area contributed by atoms with E-state index in [4.69, 9.17) is 5.11 Å². The zero-order valence-corrected chi connectivity index (χ0v) is 15.7. The molecule has 134 valence electrons. The highest BCUT2D eigenvalue weighted by Crippen LogP contribution is 2.31. The number of amides is 1. The van der Waals surface area contributed by atoms with E-state index in [9.17, 15) is 9.59 Å². The lowest BCUT2D eigenvalue weighted by atomic mass is 10.0. The van der Waals surface area contributed by atoms with E-state index in [1.54, 1.807) is 11.3 Å². The van der Waals surface area contributed by atoms with Gasteiger partial charge in [-0.05, 0) is 51.8 Å². The molecule has 1 aliphatic rings. The number of hydrogen-bond donors (Lipinski definition) is 2. The Morgan fingerprint density at radius 1 is 1.25 bits per heavy atom. The van der Waals surface area contributed by atoms with E-state index in [-0.39, 0.29) is 18.5 Å². The van der Waals surface area contributed by atoms with Crippen LogP contribution in [0.5, 0.6) is 0 Å². The van der Waals surface area contributed by atoms with Gasteiger partial charge in [-0.15, -0.1) is 11.3 Å². The second kappa shape index (κ2) is 8.09. The number of anilines is 1. The fraction of sp³-hybridized carbons (Fsp3) is 0.647. The second-order valence-electron chi connectivity index (χ2n) is 6.60. The summed E-state index contributed by atoms with van der Waals surface area (Å²) in [4.78, 5) is 28.3. The summed E-state index contributed by atoms with van der Waals surface area (Å²) in [6, 6.07) is 0.283. The molecule has 0 unspecified atom stereocenters. The smallest absolute Gasteiger partial charge is 0.317 e. The molecule has 2 heterocycles. The third-order valence-corrected chi connectivity index (χ3v) is 6.10. The maximum Gasteiger partial charge on any atom is 0.317 e. The van der Waals surface area contributed by atoms with Gasteiger partial charge in [-0.25, -0.2) is 0 Å². The molecule has 0 aromatic carbocycles. The molecule has 24 heavy (non-hydrogen) atoms. The second-order valence-corrected chi connectivity index (χ2v) is 7.83. The normalized spacial score (nSPS) is 16.5. The van der Waals surface area contributed by atoms with Crippen LogP contribution in [0.25, 0.3) is 0 Å². The number of thiophene rings is 1. The molecule has 1 fully saturated rings. The van der Waals surface area contributed by atoms with Gasteiger partial charge in [0, 0.05) is 24.0 Å². The van der Waals surface area contributed by atoms with Gasteiger partial charge in [-0.1, -0.05) is 0 Å². The van der Waals surface area contributed by atoms with Gasteiger partial charge in [0.2, 0.25) is 5.91 Å². The highest BCUT2D eigenvalue weighted by molar-refractivity contribution is 7.16. The largest absolute Gasteiger partial charge is 0.480 e. The summed E-state index contributed by atoms with van der Waals surface area (Å²) in [6.45, 7) is 8.30. The number of aliphatic carboxylic acids is 1. The summed E-state index contributed by atoms with van der Waals surface area (Å²) < 4.78 is 0. The lowest BCUT2D eigenvalue weighted by molar-refractivity contribution is -0.138. The van der Waals surface area contributed by atoms with Crippen molar-refractivity contribution in [3.05, 3.63) is 16.0 Å². The van der Waals surface area contributed by atoms with Crippen molar-refractivity contribution in [2.24, 2.45) is 0 Å². The van der Waals surface area contributed by atoms with E-state index in [0.29, 0.717) is 6.54 Å². The van der Waals surface area contributed by atoms with E-state index in [1.807, 2.05) is 18.9 Å². The lowest BCUT2D eigenvalue weighted by Gasteiger charge is -2.35. The molecule has 6 nitrogen and oxygen atoms in total. The van der Waals surface area contributed by atoms with Crippen LogP contribution in [0.15, 0.2) is 0 Å². The highest BCUT2D eigenvalue weighted by Gasteiger charge is 2.24. The molecule has 0 spiro atoms. The summed E-state index contributed by atoms with van der Waals surface area (Å²) in [6.07, 6.45) is 1.79. The number of carbonyl (C=O) groups is 2. The number of carboxylic acids is 1. The standard InChI is InChI=1S/C17H27N3O3S/c1-11-12(2)17(24-13(11)3)18-15(21)9-20-7-5-14(6-8-20)19(4)10-16(22)23/h14H,5-10H2,1-4H3,(H,18,21)(H,22,23). The summed E-state index contributed by atoms with van der Waals surface area (Å²) in [5.41, 5.74) is 2.40. The Bertz CT molecular complexity index is 606. The number of likely N-dealkylation sites (N-methyl/N-ethyl adjacent to an activating group) is 1. The number of aryl methyl sites for hydroxylation is 1. The molecule has 1 saturated heterocycles. The molecule has 0 aliphatic carbocycles. The van der Waals surface area contributed by atoms with Gasteiger partial charge in [0.15, 0.2) is 0 Å². The fourth-order valence-corrected chi connectivity index (χ4v) is 4.17. The number of likely N-dealkylation sites (tertiary alicyclic amines) is 1. The Labute approximate surface area is 147 Å². The monoisotopic (exact) mass is 353 g/mol. The molecule has 0 radical (unpaired) electrons. The Hall–Kier alpha value is -1.44. The number of piperidine rings is 1. The third-order valence-electron chi connectivity index (χ3n) is 4.87. The summed E-state index contributed by atoms with van der Waals surface area (Å²) in [5, 5.41) is 12.8. The first-order valence-electron chi connectivity index (χ1n) is 8.28. The molecule has 2 rings (SSSR count). The predicted octanol–water partition coefficient (Wildman–Crippen LogP) is 2.09. The van der Waals surface area contributed by atoms with Crippen LogP contribution >= 0.6 is 11.3 Å². The minimum absolute atomic E-state index is 0.0247. The maximum atomic E-state index is 12.3. The van der Waals surface area contributed by atoms with Crippen LogP contribution < -0.4 is 5.32 Å². The number of nitrogens with one attached hydrogen (secondary N) is 1. The van der Waals surface area contributed by atoms with Crippen molar-refractivity contribution in [3.8, 4) is 0 Å². The fourth-order valence-electron chi connectivity index (χ4n) is 3.09. The van der Waals surface area contributed by atoms with Gasteiger partial charge in [0.05, 0.1) is 18.1 Å². The molecule has 1 aromatic rings. The Morgan fingerprint density at radius 2 is 1.88 bits per heavy atom. The maximum absolute atomic E-state index is 12.3. The average Bonchev–Trinajstić information content (AvgIpc) is 2.74. The SMILES string of the molecule is Cc1sc(NC(=O)CN2CCC(N(C)CC(=O)O)CC2)c(C)c1C. The molecule has 7 heteroatoms. The van der Waals surface area contributed by atoms with Gasteiger partial charge >= 0.3 is 5.97 Å². The zero-order valence-electron chi connectivity index (χ0n) is 14.9. The van der Waals surface area contributed by atoms with Crippen molar-refractivity contribution in [2.45, 2.75) is 39.7 Å². The summed E-state index contributed by atoms with van der Waals surface area (Å²) in [5.74, 6) is -0.770. The van der Waals surface area contributed by atoms with Crippen molar-refractivity contribution in [1.82, 2.24) is 9.80 Å². The lowest BCUT2D eigenvalue weighted by Crippen LogP contribution is -2.46. The van der Waals surface area contributed by atoms with Gasteiger partial charge in [-0.2, -0.15) is 0 Å². The van der Waals surface area contributed by atoms with E-state index in [0.717, 1.165) is 36.5 Å². The van der Waals surface area contributed by atoms with Crippen molar-refractivity contribution in [2.75, 3.05) is 38.5 Å². The Kier molecular flexibility index (Phi) is 6.37. The number of rotatable bonds is 6. The van der Waals surface area contributed by atoms with Gasteiger partial charge in [-0.3, -0.25) is 19.4 Å². The third kappa shape index (κ3) is 4.78. The molecule has 1 amide bonds. The summed E-state index contributed by atoms with van der Waals surface area (Å²) >= 11 is 1.63. The minimum Gasteiger partial charge on any atom is -0.480 e. The first-order chi connectivity index (χ1) is 11.3. The zero-order chi connectivity index (χ0) is 17.9. The van der Waals surface area contributed by atoms with Crippen molar-refractivity contribution in [1.29, 1.82) is 0 Å². The predicted molar refractivity (Wildman–Crippen MR) is 96.9 cm³/mol. The first-order valence-corrected chi connectivity index (χ1v) is 9.10. The molecule has 0 bridgehead atoms. The van der Waals surface area contributed by atoms with E-state index >= 15 is 0 Å². The van der Waals surface area contributed by atoms with Crippen LogP contribution in [-0.4, -0.2) is 66.1 Å². The summed E-state index contributed by atoms with van der Waals surface area (Å²) in [7, 11) is 1.85. The van der Waals surface area contributed by atoms with Crippen molar-refractivity contribution >= 4 is 28.2 Å². The molecular formula is C17H27N3O3S. The van der Waals surface area contributed by atoms with Crippen LogP contribution in [0.3, 0.4) is 0 Å². The number of nitrogens with zero attached hydrogens (tertiary/aromatic N) is 2. The van der Waals surface area contributed by atoms with Crippen LogP contribution in [0.2, 0.25) is 0 Å². The van der Waals surface area contributed by atoms with E-state index < -0.39 is 5.97 Å². The topological polar surface area (TPSA) is 72.9 Å². The quantitative estimate of drug-likeness (QED) is 0.819. The van der Waals surface area contributed by atoms with Crippen molar-refractivity contribution in [3.63, 3.8) is 0 Å². The van der Waals surface area contributed by atoms with E-state index in [1.165, 1.54) is 10.4 Å². The van der Waals surface area contributed by atoms with Gasteiger partial charge < -0.3 is 10.4 Å². The molecule has 0 atom stereocenters. The highest BCUT2D eigenvalue weighted by atomic mass is 32.1. The van der Waals surface area contributed by atoms with Crippen LogP contribution in [0.4, 0.5) is 5.00 Å². The molecule has 1 aliphatic heterocycles. The number of hydrogen-bond acceptors (Lipinski definition) is 5. The van der Waals surface area contributed by atoms with Gasteiger partial charge in [0.25, 0.3) is 0 Å². The minimum atomic E-state index is -0.795. The number of carboxylic acid groups (broad SMARTS) is 1. The molecular weight excluding hydrogens is 326 g/mol.